The van der Waals surface area contributed by atoms with E-state index in [4.69, 9.17) is 24.6 Å². The van der Waals surface area contributed by atoms with E-state index in [1.54, 1.807) is 7.11 Å². The zero-order valence-corrected chi connectivity index (χ0v) is 23.7. The Bertz CT molecular complexity index is 1840. The first-order valence-electron chi connectivity index (χ1n) is 14.0. The van der Waals surface area contributed by atoms with E-state index in [1.165, 1.54) is 0 Å². The van der Waals surface area contributed by atoms with Crippen molar-refractivity contribution in [2.45, 2.75) is 19.9 Å². The minimum Gasteiger partial charge on any atom is -0.496 e. The molecular weight excluding hydrogens is 524 g/mol. The van der Waals surface area contributed by atoms with Crippen LogP contribution in [0, 0.1) is 6.92 Å². The normalized spacial score (nSPS) is 15.1. The van der Waals surface area contributed by atoms with Crippen molar-refractivity contribution in [1.82, 2.24) is 9.78 Å². The quantitative estimate of drug-likeness (QED) is 0.237. The summed E-state index contributed by atoms with van der Waals surface area (Å²) in [6.07, 6.45) is 0. The molecule has 0 saturated heterocycles. The summed E-state index contributed by atoms with van der Waals surface area (Å²) < 4.78 is 13.8. The summed E-state index contributed by atoms with van der Waals surface area (Å²) in [4.78, 5) is 12.7. The molecule has 0 aliphatic carbocycles. The van der Waals surface area contributed by atoms with Crippen molar-refractivity contribution < 1.29 is 9.47 Å². The molecule has 7 rings (SSSR count). The molecule has 0 spiro atoms. The van der Waals surface area contributed by atoms with Gasteiger partial charge in [-0.25, -0.2) is 14.7 Å². The molecule has 0 unspecified atom stereocenters. The number of hydrogen-bond donors (Lipinski definition) is 1. The fraction of sp³-hybridized carbons (Fsp3) is 0.147. The molecule has 3 heterocycles. The Balaban J connectivity index is 1.50. The van der Waals surface area contributed by atoms with Gasteiger partial charge in [0.15, 0.2) is 17.5 Å². The second kappa shape index (κ2) is 10.6. The summed E-state index contributed by atoms with van der Waals surface area (Å²) in [5.41, 5.74) is 6.45. The third kappa shape index (κ3) is 4.19. The highest BCUT2D eigenvalue weighted by atomic mass is 16.5. The second-order valence-corrected chi connectivity index (χ2v) is 10.0. The van der Waals surface area contributed by atoms with Gasteiger partial charge in [-0.15, -0.1) is 0 Å². The van der Waals surface area contributed by atoms with Crippen molar-refractivity contribution in [3.63, 3.8) is 0 Å². The van der Waals surface area contributed by atoms with Gasteiger partial charge in [-0.3, -0.25) is 0 Å². The van der Waals surface area contributed by atoms with Crippen LogP contribution >= 0.6 is 0 Å². The Morgan fingerprint density at radius 3 is 2.33 bits per heavy atom. The number of benzene rings is 4. The number of ether oxygens (including phenoxy) is 2. The van der Waals surface area contributed by atoms with Crippen LogP contribution in [-0.4, -0.2) is 35.2 Å². The van der Waals surface area contributed by atoms with Crippen LogP contribution in [0.5, 0.6) is 11.5 Å². The van der Waals surface area contributed by atoms with Gasteiger partial charge in [0.1, 0.15) is 11.5 Å². The Kier molecular flexibility index (Phi) is 6.43. The fourth-order valence-electron chi connectivity index (χ4n) is 5.71. The number of para-hydroxylation sites is 6. The molecule has 2 aliphatic heterocycles. The fourth-order valence-corrected chi connectivity index (χ4v) is 5.71. The zero-order valence-electron chi connectivity index (χ0n) is 23.7. The molecule has 8 heteroatoms. The summed E-state index contributed by atoms with van der Waals surface area (Å²) in [6, 6.07) is 34.0. The third-order valence-electron chi connectivity index (χ3n) is 7.51. The number of fused-ring (bicyclic) bond motifs is 4. The molecule has 0 amide bonds. The number of amidine groups is 2. The molecule has 0 fully saturated rings. The lowest BCUT2D eigenvalue weighted by Gasteiger charge is -2.41. The zero-order chi connectivity index (χ0) is 28.6. The first kappa shape index (κ1) is 25.6. The van der Waals surface area contributed by atoms with Crippen molar-refractivity contribution in [2.24, 2.45) is 9.98 Å². The van der Waals surface area contributed by atoms with Crippen molar-refractivity contribution in [3.05, 3.63) is 120 Å². The van der Waals surface area contributed by atoms with Crippen LogP contribution in [-0.2, 0) is 0 Å². The van der Waals surface area contributed by atoms with Crippen molar-refractivity contribution in [3.8, 4) is 17.2 Å². The smallest absolute Gasteiger partial charge is 0.179 e. The first-order chi connectivity index (χ1) is 20.7. The number of hydrogen-bond acceptors (Lipinski definition) is 7. The van der Waals surface area contributed by atoms with Crippen molar-refractivity contribution in [1.29, 1.82) is 0 Å². The number of aromatic nitrogens is 2. The predicted molar refractivity (Wildman–Crippen MR) is 167 cm³/mol. The molecule has 0 saturated carbocycles. The SMILES string of the molecule is CCOc1ccccc1NC1=Nc2ccccc2N2C1=Nc1c(c(C)nn1-c1ccccc1)[C@@H]2c1ccccc1OC. The molecule has 1 N–H and O–H groups in total. The van der Waals surface area contributed by atoms with Gasteiger partial charge in [-0.1, -0.05) is 60.7 Å². The van der Waals surface area contributed by atoms with Crippen LogP contribution in [0.25, 0.3) is 5.69 Å². The van der Waals surface area contributed by atoms with E-state index in [0.717, 1.165) is 56.9 Å². The number of anilines is 2. The van der Waals surface area contributed by atoms with Gasteiger partial charge in [-0.05, 0) is 56.3 Å². The number of nitrogens with zero attached hydrogens (tertiary/aromatic N) is 5. The Hall–Kier alpha value is -5.37. The third-order valence-corrected chi connectivity index (χ3v) is 7.51. The van der Waals surface area contributed by atoms with Crippen LogP contribution in [0.15, 0.2) is 113 Å². The summed E-state index contributed by atoms with van der Waals surface area (Å²) in [7, 11) is 1.71. The second-order valence-electron chi connectivity index (χ2n) is 10.0. The highest BCUT2D eigenvalue weighted by Gasteiger charge is 2.42. The van der Waals surface area contributed by atoms with Crippen LogP contribution in [0.1, 0.15) is 29.8 Å². The number of aryl methyl sites for hydroxylation is 1. The number of rotatable bonds is 6. The average Bonchev–Trinajstić information content (AvgIpc) is 3.37. The van der Waals surface area contributed by atoms with E-state index in [1.807, 2.05) is 110 Å². The molecule has 208 valence electrons. The van der Waals surface area contributed by atoms with Gasteiger partial charge in [0.2, 0.25) is 0 Å². The molecule has 5 aromatic rings. The van der Waals surface area contributed by atoms with E-state index in [9.17, 15) is 0 Å². The highest BCUT2D eigenvalue weighted by Crippen LogP contribution is 2.49. The lowest BCUT2D eigenvalue weighted by atomic mass is 9.92. The first-order valence-corrected chi connectivity index (χ1v) is 14.0. The van der Waals surface area contributed by atoms with Gasteiger partial charge in [-0.2, -0.15) is 5.10 Å². The highest BCUT2D eigenvalue weighted by molar-refractivity contribution is 6.51. The maximum Gasteiger partial charge on any atom is 0.179 e. The lowest BCUT2D eigenvalue weighted by molar-refractivity contribution is 0.342. The Labute approximate surface area is 244 Å². The summed E-state index contributed by atoms with van der Waals surface area (Å²) in [6.45, 7) is 4.57. The number of nitrogens with one attached hydrogen (secondary N) is 1. The van der Waals surface area contributed by atoms with E-state index in [0.29, 0.717) is 18.3 Å². The van der Waals surface area contributed by atoms with Gasteiger partial charge in [0.25, 0.3) is 0 Å². The Morgan fingerprint density at radius 2 is 1.52 bits per heavy atom. The summed E-state index contributed by atoms with van der Waals surface area (Å²) in [5.74, 6) is 3.59. The van der Waals surface area contributed by atoms with Gasteiger partial charge >= 0.3 is 0 Å². The van der Waals surface area contributed by atoms with E-state index >= 15 is 0 Å². The van der Waals surface area contributed by atoms with Crippen LogP contribution in [0.2, 0.25) is 0 Å². The maximum absolute atomic E-state index is 5.94. The monoisotopic (exact) mass is 554 g/mol. The molecule has 42 heavy (non-hydrogen) atoms. The van der Waals surface area contributed by atoms with Gasteiger partial charge in [0.05, 0.1) is 48.2 Å². The molecule has 8 nitrogen and oxygen atoms in total. The molecule has 2 aliphatic rings. The molecule has 1 atom stereocenters. The number of aliphatic imine (C=N–C) groups is 2. The lowest BCUT2D eigenvalue weighted by Crippen LogP contribution is -2.46. The standard InChI is InChI=1S/C34H30N6O2/c1-4-42-29-21-13-10-18-26(29)36-32-34-37-33-30(22(2)38-40(33)23-14-6-5-7-15-23)31(24-16-8-12-20-28(24)41-3)39(34)27-19-11-9-17-25(27)35-32/h5-21,31H,4H2,1-3H3,(H,35,36)/t31-/m0/s1. The molecule has 0 bridgehead atoms. The van der Waals surface area contributed by atoms with Crippen LogP contribution < -0.4 is 19.7 Å². The maximum atomic E-state index is 5.94. The average molecular weight is 555 g/mol. The number of methoxy groups -OCH3 is 1. The minimum absolute atomic E-state index is 0.281. The van der Waals surface area contributed by atoms with Crippen molar-refractivity contribution >= 4 is 34.6 Å². The summed E-state index contributed by atoms with van der Waals surface area (Å²) in [5, 5.41) is 8.58. The molecule has 0 radical (unpaired) electrons. The van der Waals surface area contributed by atoms with Crippen LogP contribution in [0.4, 0.5) is 22.9 Å². The van der Waals surface area contributed by atoms with E-state index in [-0.39, 0.29) is 6.04 Å². The van der Waals surface area contributed by atoms with E-state index in [2.05, 4.69) is 22.3 Å². The van der Waals surface area contributed by atoms with E-state index < -0.39 is 0 Å². The molecule has 1 aromatic heterocycles. The van der Waals surface area contributed by atoms with Gasteiger partial charge < -0.3 is 19.7 Å². The van der Waals surface area contributed by atoms with Crippen LogP contribution in [0.3, 0.4) is 0 Å². The molecular formula is C34H30N6O2. The Morgan fingerprint density at radius 1 is 0.810 bits per heavy atom. The molecule has 4 aromatic carbocycles. The van der Waals surface area contributed by atoms with Gasteiger partial charge in [0, 0.05) is 11.1 Å². The topological polar surface area (TPSA) is 76.3 Å². The minimum atomic E-state index is -0.281. The van der Waals surface area contributed by atoms with Crippen molar-refractivity contribution in [2.75, 3.05) is 23.9 Å². The largest absolute Gasteiger partial charge is 0.496 e. The predicted octanol–water partition coefficient (Wildman–Crippen LogP) is 7.38. The summed E-state index contributed by atoms with van der Waals surface area (Å²) >= 11 is 0.